The van der Waals surface area contributed by atoms with Crippen molar-refractivity contribution < 1.29 is 14.3 Å². The van der Waals surface area contributed by atoms with Crippen LogP contribution in [-0.2, 0) is 0 Å². The van der Waals surface area contributed by atoms with Gasteiger partial charge in [-0.2, -0.15) is 0 Å². The molecule has 1 aromatic carbocycles. The topological polar surface area (TPSA) is 59.7 Å². The van der Waals surface area contributed by atoms with Gasteiger partial charge in [-0.05, 0) is 30.5 Å². The van der Waals surface area contributed by atoms with E-state index in [-0.39, 0.29) is 11.5 Å². The molecule has 0 aliphatic heterocycles. The van der Waals surface area contributed by atoms with Crippen LogP contribution < -0.4 is 10.2 Å². The SMILES string of the molecule is CCOc1ccc2c(=O)c(O)c(-c3cccs3)oc2c1. The molecule has 0 aliphatic carbocycles. The van der Waals surface area contributed by atoms with E-state index < -0.39 is 5.43 Å². The Hall–Kier alpha value is -2.27. The van der Waals surface area contributed by atoms with E-state index in [1.807, 2.05) is 18.4 Å². The minimum Gasteiger partial charge on any atom is -0.501 e. The zero-order valence-corrected chi connectivity index (χ0v) is 11.6. The molecule has 0 spiro atoms. The van der Waals surface area contributed by atoms with E-state index in [4.69, 9.17) is 9.15 Å². The second kappa shape index (κ2) is 5.02. The maximum atomic E-state index is 12.2. The average Bonchev–Trinajstić information content (AvgIpc) is 2.97. The van der Waals surface area contributed by atoms with Gasteiger partial charge in [0.05, 0.1) is 16.9 Å². The van der Waals surface area contributed by atoms with Crippen LogP contribution in [0.25, 0.3) is 21.6 Å². The highest BCUT2D eigenvalue weighted by Gasteiger charge is 2.16. The molecule has 0 unspecified atom stereocenters. The minimum absolute atomic E-state index is 0.200. The van der Waals surface area contributed by atoms with Crippen molar-refractivity contribution in [2.75, 3.05) is 6.61 Å². The van der Waals surface area contributed by atoms with E-state index in [0.29, 0.717) is 28.2 Å². The number of benzene rings is 1. The van der Waals surface area contributed by atoms with Gasteiger partial charge in [-0.15, -0.1) is 11.3 Å². The lowest BCUT2D eigenvalue weighted by Gasteiger charge is -2.06. The fourth-order valence-corrected chi connectivity index (χ4v) is 2.70. The number of hydrogen-bond donors (Lipinski definition) is 1. The molecule has 0 amide bonds. The summed E-state index contributed by atoms with van der Waals surface area (Å²) in [5.41, 5.74) is -0.0279. The highest BCUT2D eigenvalue weighted by molar-refractivity contribution is 7.13. The summed E-state index contributed by atoms with van der Waals surface area (Å²) in [6, 6.07) is 8.58. The lowest BCUT2D eigenvalue weighted by Crippen LogP contribution is -2.02. The molecule has 2 heterocycles. The molecule has 0 fully saturated rings. The summed E-state index contributed by atoms with van der Waals surface area (Å²) in [6.07, 6.45) is 0. The Morgan fingerprint density at radius 3 is 2.90 bits per heavy atom. The summed E-state index contributed by atoms with van der Waals surface area (Å²) in [5.74, 6) is 0.473. The fraction of sp³-hybridized carbons (Fsp3) is 0.133. The summed E-state index contributed by atoms with van der Waals surface area (Å²) in [7, 11) is 0. The average molecular weight is 288 g/mol. The summed E-state index contributed by atoms with van der Waals surface area (Å²) in [6.45, 7) is 2.42. The van der Waals surface area contributed by atoms with Gasteiger partial charge in [0.25, 0.3) is 0 Å². The normalized spacial score (nSPS) is 10.8. The minimum atomic E-state index is -0.433. The molecule has 20 heavy (non-hydrogen) atoms. The Morgan fingerprint density at radius 2 is 2.20 bits per heavy atom. The van der Waals surface area contributed by atoms with Gasteiger partial charge in [-0.25, -0.2) is 0 Å². The number of fused-ring (bicyclic) bond motifs is 1. The Morgan fingerprint density at radius 1 is 1.35 bits per heavy atom. The molecule has 5 heteroatoms. The van der Waals surface area contributed by atoms with Crippen molar-refractivity contribution in [3.63, 3.8) is 0 Å². The third-order valence-electron chi connectivity index (χ3n) is 2.90. The third-order valence-corrected chi connectivity index (χ3v) is 3.76. The van der Waals surface area contributed by atoms with Crippen molar-refractivity contribution in [1.29, 1.82) is 0 Å². The molecule has 3 rings (SSSR count). The maximum Gasteiger partial charge on any atom is 0.235 e. The Kier molecular flexibility index (Phi) is 3.20. The molecule has 102 valence electrons. The molecule has 2 aromatic heterocycles. The van der Waals surface area contributed by atoms with Crippen LogP contribution >= 0.6 is 11.3 Å². The first kappa shape index (κ1) is 12.7. The van der Waals surface area contributed by atoms with Crippen LogP contribution in [0.15, 0.2) is 44.9 Å². The fourth-order valence-electron chi connectivity index (χ4n) is 1.99. The predicted octanol–water partition coefficient (Wildman–Crippen LogP) is 3.63. The number of ether oxygens (including phenoxy) is 1. The van der Waals surface area contributed by atoms with E-state index in [1.165, 1.54) is 11.3 Å². The molecular weight excluding hydrogens is 276 g/mol. The van der Waals surface area contributed by atoms with Crippen LogP contribution in [0.2, 0.25) is 0 Å². The molecule has 0 radical (unpaired) electrons. The molecule has 4 nitrogen and oxygen atoms in total. The molecule has 0 atom stereocenters. The lowest BCUT2D eigenvalue weighted by molar-refractivity contribution is 0.340. The first-order chi connectivity index (χ1) is 9.70. The zero-order chi connectivity index (χ0) is 14.1. The lowest BCUT2D eigenvalue weighted by atomic mass is 10.2. The van der Waals surface area contributed by atoms with E-state index in [1.54, 1.807) is 24.3 Å². The van der Waals surface area contributed by atoms with Crippen molar-refractivity contribution in [2.24, 2.45) is 0 Å². The Labute approximate surface area is 118 Å². The van der Waals surface area contributed by atoms with Crippen molar-refractivity contribution >= 4 is 22.3 Å². The van der Waals surface area contributed by atoms with Crippen LogP contribution in [0.5, 0.6) is 11.5 Å². The first-order valence-electron chi connectivity index (χ1n) is 6.17. The van der Waals surface area contributed by atoms with Gasteiger partial charge >= 0.3 is 0 Å². The van der Waals surface area contributed by atoms with Gasteiger partial charge in [-0.1, -0.05) is 6.07 Å². The number of rotatable bonds is 3. The van der Waals surface area contributed by atoms with Crippen molar-refractivity contribution in [2.45, 2.75) is 6.92 Å². The Bertz CT molecular complexity index is 803. The summed E-state index contributed by atoms with van der Waals surface area (Å²) >= 11 is 1.40. The van der Waals surface area contributed by atoms with Gasteiger partial charge in [0.2, 0.25) is 11.2 Å². The van der Waals surface area contributed by atoms with Crippen LogP contribution in [0, 0.1) is 0 Å². The summed E-state index contributed by atoms with van der Waals surface area (Å²) < 4.78 is 11.1. The largest absolute Gasteiger partial charge is 0.501 e. The van der Waals surface area contributed by atoms with Crippen molar-refractivity contribution in [3.8, 4) is 22.1 Å². The highest BCUT2D eigenvalue weighted by Crippen LogP contribution is 2.33. The molecule has 0 aliphatic rings. The molecule has 0 bridgehead atoms. The van der Waals surface area contributed by atoms with Gasteiger partial charge < -0.3 is 14.3 Å². The van der Waals surface area contributed by atoms with E-state index >= 15 is 0 Å². The standard InChI is InChI=1S/C15H12O4S/c1-2-18-9-5-6-10-11(8-9)19-15(14(17)13(10)16)12-4-3-7-20-12/h3-8,17H,2H2,1H3. The molecule has 3 aromatic rings. The Balaban J connectivity index is 2.27. The number of hydrogen-bond acceptors (Lipinski definition) is 5. The van der Waals surface area contributed by atoms with Crippen LogP contribution in [0.4, 0.5) is 0 Å². The van der Waals surface area contributed by atoms with E-state index in [0.717, 1.165) is 0 Å². The number of aromatic hydroxyl groups is 1. The zero-order valence-electron chi connectivity index (χ0n) is 10.8. The maximum absolute atomic E-state index is 12.2. The van der Waals surface area contributed by atoms with Gasteiger partial charge in [0.1, 0.15) is 11.3 Å². The molecule has 0 saturated carbocycles. The number of thiophene rings is 1. The van der Waals surface area contributed by atoms with Crippen molar-refractivity contribution in [3.05, 3.63) is 45.9 Å². The van der Waals surface area contributed by atoms with Gasteiger partial charge in [0, 0.05) is 6.07 Å². The smallest absolute Gasteiger partial charge is 0.235 e. The first-order valence-corrected chi connectivity index (χ1v) is 7.05. The summed E-state index contributed by atoms with van der Waals surface area (Å²) in [5, 5.41) is 12.2. The second-order valence-corrected chi connectivity index (χ2v) is 5.12. The van der Waals surface area contributed by atoms with Crippen LogP contribution in [-0.4, -0.2) is 11.7 Å². The van der Waals surface area contributed by atoms with Crippen LogP contribution in [0.1, 0.15) is 6.92 Å². The monoisotopic (exact) mass is 288 g/mol. The second-order valence-electron chi connectivity index (χ2n) is 4.18. The predicted molar refractivity (Wildman–Crippen MR) is 78.6 cm³/mol. The molecule has 0 saturated heterocycles. The summed E-state index contributed by atoms with van der Waals surface area (Å²) in [4.78, 5) is 12.9. The molecular formula is C15H12O4S. The van der Waals surface area contributed by atoms with Crippen molar-refractivity contribution in [1.82, 2.24) is 0 Å². The van der Waals surface area contributed by atoms with Gasteiger partial charge in [-0.3, -0.25) is 4.79 Å². The van der Waals surface area contributed by atoms with E-state index in [9.17, 15) is 9.90 Å². The highest BCUT2D eigenvalue weighted by atomic mass is 32.1. The van der Waals surface area contributed by atoms with Crippen LogP contribution in [0.3, 0.4) is 0 Å². The van der Waals surface area contributed by atoms with Gasteiger partial charge in [0.15, 0.2) is 5.76 Å². The third kappa shape index (κ3) is 2.06. The van der Waals surface area contributed by atoms with E-state index in [2.05, 4.69) is 0 Å². The molecule has 1 N–H and O–H groups in total. The quantitative estimate of drug-likeness (QED) is 0.799.